The number of hydrogen-bond donors (Lipinski definition) is 1. The molecule has 3 rings (SSSR count). The van der Waals surface area contributed by atoms with E-state index in [9.17, 15) is 4.79 Å². The third kappa shape index (κ3) is 5.13. The number of benzene rings is 1. The van der Waals surface area contributed by atoms with E-state index in [4.69, 9.17) is 9.47 Å². The van der Waals surface area contributed by atoms with Gasteiger partial charge in [-0.2, -0.15) is 0 Å². The summed E-state index contributed by atoms with van der Waals surface area (Å²) in [5.74, 6) is 1.18. The highest BCUT2D eigenvalue weighted by molar-refractivity contribution is 5.91. The number of carbonyl (C=O) groups is 1. The van der Waals surface area contributed by atoms with E-state index in [0.717, 1.165) is 16.9 Å². The molecule has 0 fully saturated rings. The summed E-state index contributed by atoms with van der Waals surface area (Å²) in [6, 6.07) is 11.5. The molecular weight excluding hydrogens is 354 g/mol. The fourth-order valence-electron chi connectivity index (χ4n) is 2.79. The van der Waals surface area contributed by atoms with Crippen molar-refractivity contribution in [2.24, 2.45) is 0 Å². The van der Waals surface area contributed by atoms with E-state index >= 15 is 0 Å². The van der Waals surface area contributed by atoms with Crippen molar-refractivity contribution in [2.75, 3.05) is 13.7 Å². The van der Waals surface area contributed by atoms with Crippen LogP contribution in [0.5, 0.6) is 11.5 Å². The van der Waals surface area contributed by atoms with Gasteiger partial charge in [0.2, 0.25) is 5.91 Å². The van der Waals surface area contributed by atoms with Crippen LogP contribution in [0.25, 0.3) is 11.7 Å². The summed E-state index contributed by atoms with van der Waals surface area (Å²) in [5, 5.41) is 2.88. The molecule has 0 spiro atoms. The minimum absolute atomic E-state index is 0.0639. The summed E-state index contributed by atoms with van der Waals surface area (Å²) in [4.78, 5) is 16.6. The number of pyridine rings is 1. The number of nitrogens with one attached hydrogen (secondary N) is 1. The Morgan fingerprint density at radius 1 is 1.25 bits per heavy atom. The second kappa shape index (κ2) is 9.08. The van der Waals surface area contributed by atoms with Gasteiger partial charge in [-0.15, -0.1) is 0 Å². The molecule has 6 heteroatoms. The quantitative estimate of drug-likeness (QED) is 0.609. The van der Waals surface area contributed by atoms with E-state index in [1.165, 1.54) is 6.08 Å². The van der Waals surface area contributed by atoms with Crippen molar-refractivity contribution in [3.8, 4) is 11.5 Å². The van der Waals surface area contributed by atoms with E-state index in [1.807, 2.05) is 67.0 Å². The number of carbonyl (C=O) groups excluding carboxylic acids is 1. The minimum atomic E-state index is -0.148. The fourth-order valence-corrected chi connectivity index (χ4v) is 2.79. The number of rotatable bonds is 8. The van der Waals surface area contributed by atoms with Gasteiger partial charge in [-0.25, -0.2) is 4.98 Å². The number of methoxy groups -OCH3 is 1. The van der Waals surface area contributed by atoms with Gasteiger partial charge in [-0.05, 0) is 49.8 Å². The number of hydrogen-bond acceptors (Lipinski definition) is 4. The van der Waals surface area contributed by atoms with Crippen LogP contribution in [-0.2, 0) is 11.2 Å². The maximum Gasteiger partial charge on any atom is 0.244 e. The lowest BCUT2D eigenvalue weighted by Crippen LogP contribution is -2.23. The number of fused-ring (bicyclic) bond motifs is 1. The average Bonchev–Trinajstić information content (AvgIpc) is 3.09. The van der Waals surface area contributed by atoms with Gasteiger partial charge in [-0.3, -0.25) is 4.79 Å². The van der Waals surface area contributed by atoms with Gasteiger partial charge >= 0.3 is 0 Å². The second-order valence-corrected chi connectivity index (χ2v) is 6.65. The zero-order chi connectivity index (χ0) is 19.9. The van der Waals surface area contributed by atoms with Crippen molar-refractivity contribution < 1.29 is 14.3 Å². The molecule has 146 valence electrons. The number of imidazole rings is 1. The lowest BCUT2D eigenvalue weighted by molar-refractivity contribution is -0.116. The topological polar surface area (TPSA) is 64.9 Å². The molecular formula is C22H25N3O3. The predicted octanol–water partition coefficient (Wildman–Crippen LogP) is 3.50. The first-order chi connectivity index (χ1) is 13.5. The van der Waals surface area contributed by atoms with Crippen LogP contribution in [-0.4, -0.2) is 35.1 Å². The van der Waals surface area contributed by atoms with Crippen LogP contribution < -0.4 is 14.8 Å². The van der Waals surface area contributed by atoms with Crippen LogP contribution in [0.3, 0.4) is 0 Å². The number of amides is 1. The van der Waals surface area contributed by atoms with Crippen LogP contribution in [0.2, 0.25) is 0 Å². The monoisotopic (exact) mass is 379 g/mol. The molecule has 0 aliphatic rings. The summed E-state index contributed by atoms with van der Waals surface area (Å²) < 4.78 is 13.0. The highest BCUT2D eigenvalue weighted by Crippen LogP contribution is 2.29. The van der Waals surface area contributed by atoms with E-state index < -0.39 is 0 Å². The molecule has 0 atom stereocenters. The molecule has 2 heterocycles. The number of nitrogens with zero attached hydrogens (tertiary/aromatic N) is 2. The molecule has 28 heavy (non-hydrogen) atoms. The lowest BCUT2D eigenvalue weighted by Gasteiger charge is -2.13. The molecule has 6 nitrogen and oxygen atoms in total. The molecule has 1 aromatic carbocycles. The summed E-state index contributed by atoms with van der Waals surface area (Å²) >= 11 is 0. The van der Waals surface area contributed by atoms with Crippen molar-refractivity contribution in [3.63, 3.8) is 0 Å². The molecule has 0 aliphatic heterocycles. The molecule has 2 aromatic heterocycles. The number of aromatic nitrogens is 2. The summed E-state index contributed by atoms with van der Waals surface area (Å²) in [7, 11) is 1.60. The van der Waals surface area contributed by atoms with Crippen molar-refractivity contribution in [1.82, 2.24) is 14.7 Å². The van der Waals surface area contributed by atoms with Gasteiger partial charge in [0.15, 0.2) is 11.5 Å². The highest BCUT2D eigenvalue weighted by Gasteiger charge is 2.07. The molecule has 0 bridgehead atoms. The third-order valence-electron chi connectivity index (χ3n) is 4.07. The van der Waals surface area contributed by atoms with E-state index in [-0.39, 0.29) is 12.0 Å². The summed E-state index contributed by atoms with van der Waals surface area (Å²) in [6.07, 6.45) is 7.94. The first-order valence-corrected chi connectivity index (χ1v) is 9.28. The molecule has 0 radical (unpaired) electrons. The first-order valence-electron chi connectivity index (χ1n) is 9.28. The van der Waals surface area contributed by atoms with Crippen LogP contribution in [0.15, 0.2) is 54.9 Å². The standard InChI is InChI=1S/C22H25N3O3/c1-16(2)28-19-9-7-17(14-20(19)27-3)8-10-22(26)23-12-11-18-15-25-13-5-4-6-21(25)24-18/h4-10,13-16H,11-12H2,1-3H3,(H,23,26)/b10-8+. The maximum atomic E-state index is 12.1. The average molecular weight is 379 g/mol. The normalized spacial score (nSPS) is 11.3. The molecule has 0 unspecified atom stereocenters. The Morgan fingerprint density at radius 2 is 2.11 bits per heavy atom. The van der Waals surface area contributed by atoms with Gasteiger partial charge < -0.3 is 19.2 Å². The predicted molar refractivity (Wildman–Crippen MR) is 110 cm³/mol. The van der Waals surface area contributed by atoms with Gasteiger partial charge in [0.05, 0.1) is 18.9 Å². The van der Waals surface area contributed by atoms with Crippen LogP contribution in [0, 0.1) is 0 Å². The van der Waals surface area contributed by atoms with E-state index in [2.05, 4.69) is 10.3 Å². The first kappa shape index (κ1) is 19.5. The fraction of sp³-hybridized carbons (Fsp3) is 0.273. The van der Waals surface area contributed by atoms with Crippen molar-refractivity contribution in [2.45, 2.75) is 26.4 Å². The SMILES string of the molecule is COc1cc(/C=C/C(=O)NCCc2cn3ccccc3n2)ccc1OC(C)C. The molecule has 0 aliphatic carbocycles. The maximum absolute atomic E-state index is 12.1. The lowest BCUT2D eigenvalue weighted by atomic mass is 10.2. The molecule has 0 saturated heterocycles. The van der Waals surface area contributed by atoms with E-state index in [1.54, 1.807) is 13.2 Å². The number of ether oxygens (including phenoxy) is 2. The van der Waals surface area contributed by atoms with Gasteiger partial charge in [-0.1, -0.05) is 12.1 Å². The molecule has 0 saturated carbocycles. The zero-order valence-electron chi connectivity index (χ0n) is 16.4. The van der Waals surface area contributed by atoms with Gasteiger partial charge in [0.25, 0.3) is 0 Å². The Bertz CT molecular complexity index is 943. The van der Waals surface area contributed by atoms with Gasteiger partial charge in [0, 0.05) is 31.4 Å². The molecule has 3 aromatic rings. The Morgan fingerprint density at radius 3 is 2.86 bits per heavy atom. The smallest absolute Gasteiger partial charge is 0.244 e. The molecule has 1 amide bonds. The van der Waals surface area contributed by atoms with E-state index in [0.29, 0.717) is 24.5 Å². The Hall–Kier alpha value is -3.28. The van der Waals surface area contributed by atoms with Crippen molar-refractivity contribution >= 4 is 17.6 Å². The Labute approximate surface area is 164 Å². The summed E-state index contributed by atoms with van der Waals surface area (Å²) in [6.45, 7) is 4.45. The Balaban J connectivity index is 1.53. The van der Waals surface area contributed by atoms with Crippen LogP contribution in [0.1, 0.15) is 25.1 Å². The Kier molecular flexibility index (Phi) is 6.32. The zero-order valence-corrected chi connectivity index (χ0v) is 16.4. The van der Waals surface area contributed by atoms with Crippen LogP contribution >= 0.6 is 0 Å². The van der Waals surface area contributed by atoms with Crippen molar-refractivity contribution in [1.29, 1.82) is 0 Å². The highest BCUT2D eigenvalue weighted by atomic mass is 16.5. The van der Waals surface area contributed by atoms with Gasteiger partial charge in [0.1, 0.15) is 5.65 Å². The minimum Gasteiger partial charge on any atom is -0.493 e. The largest absolute Gasteiger partial charge is 0.493 e. The van der Waals surface area contributed by atoms with Crippen LogP contribution in [0.4, 0.5) is 0 Å². The third-order valence-corrected chi connectivity index (χ3v) is 4.07. The molecule has 1 N–H and O–H groups in total. The second-order valence-electron chi connectivity index (χ2n) is 6.65. The summed E-state index contributed by atoms with van der Waals surface area (Å²) in [5.41, 5.74) is 2.71. The van der Waals surface area contributed by atoms with Crippen molar-refractivity contribution in [3.05, 3.63) is 66.1 Å².